The van der Waals surface area contributed by atoms with Gasteiger partial charge in [0, 0.05) is 12.0 Å². The number of hydrogen-bond acceptors (Lipinski definition) is 4. The second-order valence-electron chi connectivity index (χ2n) is 5.70. The molecule has 0 aromatic rings. The highest BCUT2D eigenvalue weighted by Crippen LogP contribution is 2.30. The fraction of sp³-hybridized carbons (Fsp3) is 0.667. The fourth-order valence-electron chi connectivity index (χ4n) is 2.30. The Bertz CT molecular complexity index is 437. The molecule has 0 aliphatic heterocycles. The van der Waals surface area contributed by atoms with E-state index >= 15 is 0 Å². The Labute approximate surface area is 119 Å². The third-order valence-corrected chi connectivity index (χ3v) is 3.67. The molecule has 5 heteroatoms. The fourth-order valence-corrected chi connectivity index (χ4v) is 2.30. The largest absolute Gasteiger partial charge is 0.466 e. The Morgan fingerprint density at radius 1 is 1.45 bits per heavy atom. The third kappa shape index (κ3) is 4.47. The summed E-state index contributed by atoms with van der Waals surface area (Å²) >= 11 is 0. The molecule has 0 saturated carbocycles. The van der Waals surface area contributed by atoms with Crippen molar-refractivity contribution in [2.75, 3.05) is 6.61 Å². The number of ether oxygens (including phenoxy) is 1. The van der Waals surface area contributed by atoms with Gasteiger partial charge in [-0.2, -0.15) is 0 Å². The zero-order valence-electron chi connectivity index (χ0n) is 12.6. The van der Waals surface area contributed by atoms with Crippen molar-refractivity contribution in [3.05, 3.63) is 11.6 Å². The number of Topliss-reactive ketones (excluding diaryl/α,β-unsaturated/α-hetero) is 1. The Morgan fingerprint density at radius 3 is 2.65 bits per heavy atom. The summed E-state index contributed by atoms with van der Waals surface area (Å²) in [5.74, 6) is -0.734. The quantitative estimate of drug-likeness (QED) is 0.615. The Hall–Kier alpha value is -1.65. The van der Waals surface area contributed by atoms with Crippen molar-refractivity contribution < 1.29 is 19.1 Å². The van der Waals surface area contributed by atoms with E-state index in [1.807, 2.05) is 26.8 Å². The first-order valence-corrected chi connectivity index (χ1v) is 6.93. The number of carbonyl (C=O) groups is 3. The van der Waals surface area contributed by atoms with E-state index in [0.29, 0.717) is 6.42 Å². The zero-order chi connectivity index (χ0) is 15.3. The maximum atomic E-state index is 11.8. The first-order valence-electron chi connectivity index (χ1n) is 6.93. The lowest BCUT2D eigenvalue weighted by Crippen LogP contribution is -2.50. The summed E-state index contributed by atoms with van der Waals surface area (Å²) in [7, 11) is 0. The van der Waals surface area contributed by atoms with E-state index in [1.165, 1.54) is 0 Å². The Balaban J connectivity index is 2.59. The van der Waals surface area contributed by atoms with E-state index in [2.05, 4.69) is 5.32 Å². The van der Waals surface area contributed by atoms with Crippen LogP contribution < -0.4 is 5.32 Å². The number of carbonyl (C=O) groups excluding carboxylic acids is 3. The van der Waals surface area contributed by atoms with Gasteiger partial charge in [-0.15, -0.1) is 0 Å². The first-order chi connectivity index (χ1) is 9.26. The molecule has 0 aromatic heterocycles. The second-order valence-corrected chi connectivity index (χ2v) is 5.70. The molecule has 1 rings (SSSR count). The van der Waals surface area contributed by atoms with Crippen molar-refractivity contribution in [3.8, 4) is 0 Å². The lowest BCUT2D eigenvalue weighted by Gasteiger charge is -2.36. The Kier molecular flexibility index (Phi) is 5.48. The van der Waals surface area contributed by atoms with Gasteiger partial charge >= 0.3 is 5.97 Å². The molecule has 0 radical (unpaired) electrons. The molecule has 5 nitrogen and oxygen atoms in total. The van der Waals surface area contributed by atoms with E-state index in [9.17, 15) is 14.4 Å². The maximum Gasteiger partial charge on any atom is 0.315 e. The van der Waals surface area contributed by atoms with Crippen molar-refractivity contribution >= 4 is 17.7 Å². The molecule has 0 aromatic carbocycles. The summed E-state index contributed by atoms with van der Waals surface area (Å²) in [5.41, 5.74) is 0.256. The molecule has 1 unspecified atom stereocenters. The van der Waals surface area contributed by atoms with Crippen molar-refractivity contribution in [2.24, 2.45) is 5.92 Å². The minimum Gasteiger partial charge on any atom is -0.466 e. The lowest BCUT2D eigenvalue weighted by atomic mass is 9.77. The van der Waals surface area contributed by atoms with Crippen LogP contribution in [-0.2, 0) is 19.1 Å². The van der Waals surface area contributed by atoms with E-state index in [1.54, 1.807) is 6.92 Å². The lowest BCUT2D eigenvalue weighted by molar-refractivity contribution is -0.146. The minimum absolute atomic E-state index is 0.0462. The summed E-state index contributed by atoms with van der Waals surface area (Å²) in [4.78, 5) is 34.8. The summed E-state index contributed by atoms with van der Waals surface area (Å²) in [6.45, 7) is 7.52. The van der Waals surface area contributed by atoms with Gasteiger partial charge in [-0.25, -0.2) is 0 Å². The van der Waals surface area contributed by atoms with Crippen LogP contribution in [0.5, 0.6) is 0 Å². The normalized spacial score (nSPS) is 19.3. The molecule has 0 bridgehead atoms. The summed E-state index contributed by atoms with van der Waals surface area (Å²) in [6.07, 6.45) is 2.81. The van der Waals surface area contributed by atoms with Crippen LogP contribution in [0, 0.1) is 5.92 Å². The number of hydrogen-bond donors (Lipinski definition) is 1. The van der Waals surface area contributed by atoms with Crippen LogP contribution in [-0.4, -0.2) is 29.8 Å². The number of nitrogens with one attached hydrogen (secondary N) is 1. The molecule has 0 spiro atoms. The predicted molar refractivity (Wildman–Crippen MR) is 75.0 cm³/mol. The average Bonchev–Trinajstić information content (AvgIpc) is 2.31. The minimum atomic E-state index is -0.531. The predicted octanol–water partition coefficient (Wildman–Crippen LogP) is 1.76. The topological polar surface area (TPSA) is 72.5 Å². The van der Waals surface area contributed by atoms with Crippen LogP contribution in [0.2, 0.25) is 0 Å². The molecule has 112 valence electrons. The highest BCUT2D eigenvalue weighted by atomic mass is 16.5. The maximum absolute atomic E-state index is 11.8. The zero-order valence-corrected chi connectivity index (χ0v) is 12.6. The van der Waals surface area contributed by atoms with E-state index in [-0.39, 0.29) is 30.6 Å². The third-order valence-electron chi connectivity index (χ3n) is 3.67. The van der Waals surface area contributed by atoms with Gasteiger partial charge in [0.25, 0.3) is 0 Å². The molecule has 1 aliphatic carbocycles. The molecule has 1 amide bonds. The van der Waals surface area contributed by atoms with Gasteiger partial charge in [0.15, 0.2) is 5.78 Å². The van der Waals surface area contributed by atoms with Crippen LogP contribution in [0.4, 0.5) is 0 Å². The van der Waals surface area contributed by atoms with E-state index < -0.39 is 11.5 Å². The average molecular weight is 281 g/mol. The van der Waals surface area contributed by atoms with Gasteiger partial charge in [0.1, 0.15) is 6.42 Å². The van der Waals surface area contributed by atoms with E-state index in [0.717, 1.165) is 12.0 Å². The molecule has 0 fully saturated rings. The molecule has 1 atom stereocenters. The molecule has 0 heterocycles. The van der Waals surface area contributed by atoms with Crippen LogP contribution in [0.3, 0.4) is 0 Å². The molecular formula is C15H23NO4. The van der Waals surface area contributed by atoms with Gasteiger partial charge < -0.3 is 10.1 Å². The standard InChI is InChI=1S/C15H23NO4/c1-5-20-14(19)9-13(18)16-15(3,4)11-7-6-10(2)12(17)8-11/h6,11H,5,7-9H2,1-4H3,(H,16,18). The molecule has 1 aliphatic rings. The van der Waals surface area contributed by atoms with Crippen molar-refractivity contribution in [1.82, 2.24) is 5.32 Å². The molecule has 1 N–H and O–H groups in total. The molecule has 0 saturated heterocycles. The smallest absolute Gasteiger partial charge is 0.315 e. The number of allylic oxidation sites excluding steroid dienone is 2. The van der Waals surface area contributed by atoms with Crippen molar-refractivity contribution in [1.29, 1.82) is 0 Å². The highest BCUT2D eigenvalue weighted by molar-refractivity contribution is 5.96. The van der Waals surface area contributed by atoms with E-state index in [4.69, 9.17) is 4.74 Å². The number of ketones is 1. The van der Waals surface area contributed by atoms with Gasteiger partial charge in [-0.3, -0.25) is 14.4 Å². The highest BCUT2D eigenvalue weighted by Gasteiger charge is 2.34. The van der Waals surface area contributed by atoms with Gasteiger partial charge in [-0.05, 0) is 45.6 Å². The number of amides is 1. The van der Waals surface area contributed by atoms with Crippen LogP contribution >= 0.6 is 0 Å². The second kappa shape index (κ2) is 6.68. The SMILES string of the molecule is CCOC(=O)CC(=O)NC(C)(C)C1CC=C(C)C(=O)C1. The molecule has 20 heavy (non-hydrogen) atoms. The first kappa shape index (κ1) is 16.4. The Morgan fingerprint density at radius 2 is 2.10 bits per heavy atom. The number of rotatable bonds is 5. The summed E-state index contributed by atoms with van der Waals surface area (Å²) in [6, 6.07) is 0. The van der Waals surface area contributed by atoms with Gasteiger partial charge in [0.05, 0.1) is 6.61 Å². The van der Waals surface area contributed by atoms with Crippen LogP contribution in [0.15, 0.2) is 11.6 Å². The molecular weight excluding hydrogens is 258 g/mol. The van der Waals surface area contributed by atoms with Crippen molar-refractivity contribution in [2.45, 2.75) is 52.5 Å². The summed E-state index contributed by atoms with van der Waals surface area (Å²) < 4.78 is 4.74. The van der Waals surface area contributed by atoms with Gasteiger partial charge in [-0.1, -0.05) is 6.08 Å². The van der Waals surface area contributed by atoms with Gasteiger partial charge in [0.2, 0.25) is 5.91 Å². The summed E-state index contributed by atoms with van der Waals surface area (Å²) in [5, 5.41) is 2.83. The monoisotopic (exact) mass is 281 g/mol. The van der Waals surface area contributed by atoms with Crippen molar-refractivity contribution in [3.63, 3.8) is 0 Å². The van der Waals surface area contributed by atoms with Crippen LogP contribution in [0.1, 0.15) is 47.0 Å². The number of esters is 1. The van der Waals surface area contributed by atoms with Crippen LogP contribution in [0.25, 0.3) is 0 Å².